The van der Waals surface area contributed by atoms with E-state index < -0.39 is 0 Å². The maximum Gasteiger partial charge on any atom is 0.0856 e. The van der Waals surface area contributed by atoms with Gasteiger partial charge in [0, 0.05) is 7.11 Å². The molecule has 0 atom stereocenters. The highest BCUT2D eigenvalue weighted by Crippen LogP contribution is 2.31. The smallest absolute Gasteiger partial charge is 0.0856 e. The molecule has 0 aromatic rings. The van der Waals surface area contributed by atoms with Crippen molar-refractivity contribution in [3.05, 3.63) is 12.7 Å². The average Bonchev–Trinajstić information content (AvgIpc) is 2.06. The largest absolute Gasteiger partial charge is 0.374 e. The van der Waals surface area contributed by atoms with Gasteiger partial charge in [0.1, 0.15) is 0 Å². The van der Waals surface area contributed by atoms with Gasteiger partial charge in [0.25, 0.3) is 0 Å². The molecule has 0 bridgehead atoms. The van der Waals surface area contributed by atoms with Crippen molar-refractivity contribution >= 4 is 0 Å². The summed E-state index contributed by atoms with van der Waals surface area (Å²) in [4.78, 5) is 0. The Kier molecular flexibility index (Phi) is 2.50. The summed E-state index contributed by atoms with van der Waals surface area (Å²) in [6.07, 6.45) is 8.23. The highest BCUT2D eigenvalue weighted by molar-refractivity contribution is 4.98. The number of hydrogen-bond acceptors (Lipinski definition) is 1. The van der Waals surface area contributed by atoms with E-state index in [4.69, 9.17) is 4.74 Å². The zero-order valence-corrected chi connectivity index (χ0v) is 6.73. The average molecular weight is 140 g/mol. The van der Waals surface area contributed by atoms with Gasteiger partial charge in [-0.1, -0.05) is 25.3 Å². The lowest BCUT2D eigenvalue weighted by molar-refractivity contribution is 0.00233. The van der Waals surface area contributed by atoms with Crippen molar-refractivity contribution in [2.45, 2.75) is 37.7 Å². The Morgan fingerprint density at radius 3 is 2.20 bits per heavy atom. The normalized spacial score (nSPS) is 24.1. The molecule has 1 aliphatic carbocycles. The van der Waals surface area contributed by atoms with Crippen LogP contribution in [-0.2, 0) is 4.74 Å². The molecule has 0 aromatic carbocycles. The molecule has 0 heterocycles. The van der Waals surface area contributed by atoms with Crippen molar-refractivity contribution in [3.8, 4) is 0 Å². The van der Waals surface area contributed by atoms with Crippen molar-refractivity contribution in [2.24, 2.45) is 0 Å². The highest BCUT2D eigenvalue weighted by Gasteiger charge is 2.27. The van der Waals surface area contributed by atoms with Gasteiger partial charge in [0.2, 0.25) is 0 Å². The predicted octanol–water partition coefficient (Wildman–Crippen LogP) is 2.52. The first-order valence-electron chi connectivity index (χ1n) is 4.02. The fraction of sp³-hybridized carbons (Fsp3) is 0.778. The molecule has 0 aliphatic heterocycles. The summed E-state index contributed by atoms with van der Waals surface area (Å²) in [6, 6.07) is 0. The summed E-state index contributed by atoms with van der Waals surface area (Å²) < 4.78 is 5.41. The fourth-order valence-electron chi connectivity index (χ4n) is 1.64. The molecule has 0 N–H and O–H groups in total. The van der Waals surface area contributed by atoms with Crippen LogP contribution in [0.25, 0.3) is 0 Å². The molecule has 0 aromatic heterocycles. The van der Waals surface area contributed by atoms with Crippen LogP contribution in [0.3, 0.4) is 0 Å². The number of hydrogen-bond donors (Lipinski definition) is 0. The standard InChI is InChI=1S/C9H16O/c1-3-9(10-2)7-5-4-6-8-9/h3H,1,4-8H2,2H3. The Labute approximate surface area is 63.1 Å². The third-order valence-electron chi connectivity index (χ3n) is 2.48. The van der Waals surface area contributed by atoms with Gasteiger partial charge in [-0.05, 0) is 12.8 Å². The Bertz CT molecular complexity index is 112. The van der Waals surface area contributed by atoms with E-state index in [0.29, 0.717) is 0 Å². The van der Waals surface area contributed by atoms with Gasteiger partial charge < -0.3 is 4.74 Å². The fourth-order valence-corrected chi connectivity index (χ4v) is 1.64. The second kappa shape index (κ2) is 3.20. The number of rotatable bonds is 2. The van der Waals surface area contributed by atoms with Crippen molar-refractivity contribution in [1.29, 1.82) is 0 Å². The van der Waals surface area contributed by atoms with Crippen LogP contribution in [-0.4, -0.2) is 12.7 Å². The molecule has 58 valence electrons. The van der Waals surface area contributed by atoms with Gasteiger partial charge in [-0.3, -0.25) is 0 Å². The van der Waals surface area contributed by atoms with E-state index in [1.165, 1.54) is 19.3 Å². The Morgan fingerprint density at radius 1 is 1.30 bits per heavy atom. The van der Waals surface area contributed by atoms with Gasteiger partial charge in [-0.15, -0.1) is 6.58 Å². The van der Waals surface area contributed by atoms with Crippen LogP contribution in [0.15, 0.2) is 12.7 Å². The third-order valence-corrected chi connectivity index (χ3v) is 2.48. The van der Waals surface area contributed by atoms with Crippen molar-refractivity contribution < 1.29 is 4.74 Å². The van der Waals surface area contributed by atoms with E-state index in [1.54, 1.807) is 7.11 Å². The van der Waals surface area contributed by atoms with Crippen LogP contribution < -0.4 is 0 Å². The van der Waals surface area contributed by atoms with E-state index in [1.807, 2.05) is 6.08 Å². The molecule has 1 fully saturated rings. The van der Waals surface area contributed by atoms with Gasteiger partial charge in [0.15, 0.2) is 0 Å². The maximum absolute atomic E-state index is 5.41. The van der Waals surface area contributed by atoms with Crippen molar-refractivity contribution in [1.82, 2.24) is 0 Å². The van der Waals surface area contributed by atoms with Crippen LogP contribution in [0.4, 0.5) is 0 Å². The maximum atomic E-state index is 5.41. The van der Waals surface area contributed by atoms with E-state index in [0.717, 1.165) is 12.8 Å². The third kappa shape index (κ3) is 1.40. The van der Waals surface area contributed by atoms with E-state index >= 15 is 0 Å². The number of methoxy groups -OCH3 is 1. The first-order chi connectivity index (χ1) is 4.83. The monoisotopic (exact) mass is 140 g/mol. The van der Waals surface area contributed by atoms with Gasteiger partial charge in [-0.25, -0.2) is 0 Å². The second-order valence-corrected chi connectivity index (χ2v) is 3.03. The van der Waals surface area contributed by atoms with Crippen LogP contribution in [0.2, 0.25) is 0 Å². The molecule has 1 rings (SSSR count). The molecule has 1 nitrogen and oxygen atoms in total. The second-order valence-electron chi connectivity index (χ2n) is 3.03. The molecule has 0 unspecified atom stereocenters. The van der Waals surface area contributed by atoms with Crippen LogP contribution in [0, 0.1) is 0 Å². The molecule has 1 saturated carbocycles. The summed E-state index contributed by atoms with van der Waals surface area (Å²) in [5.74, 6) is 0. The summed E-state index contributed by atoms with van der Waals surface area (Å²) in [7, 11) is 1.78. The van der Waals surface area contributed by atoms with E-state index in [9.17, 15) is 0 Å². The summed E-state index contributed by atoms with van der Waals surface area (Å²) in [5.41, 5.74) is 0.0260. The minimum atomic E-state index is 0.0260. The molecule has 10 heavy (non-hydrogen) atoms. The summed E-state index contributed by atoms with van der Waals surface area (Å²) in [6.45, 7) is 3.80. The van der Waals surface area contributed by atoms with Gasteiger partial charge in [-0.2, -0.15) is 0 Å². The summed E-state index contributed by atoms with van der Waals surface area (Å²) in [5, 5.41) is 0. The quantitative estimate of drug-likeness (QED) is 0.535. The first kappa shape index (κ1) is 7.80. The van der Waals surface area contributed by atoms with Crippen molar-refractivity contribution in [3.63, 3.8) is 0 Å². The Morgan fingerprint density at radius 2 is 1.90 bits per heavy atom. The van der Waals surface area contributed by atoms with Gasteiger partial charge in [0.05, 0.1) is 5.60 Å². The first-order valence-corrected chi connectivity index (χ1v) is 4.02. The predicted molar refractivity (Wildman–Crippen MR) is 43.0 cm³/mol. The minimum absolute atomic E-state index is 0.0260. The zero-order valence-electron chi connectivity index (χ0n) is 6.73. The zero-order chi connectivity index (χ0) is 7.45. The lowest BCUT2D eigenvalue weighted by atomic mass is 9.85. The SMILES string of the molecule is C=CC1(OC)CCCCC1. The van der Waals surface area contributed by atoms with Crippen LogP contribution >= 0.6 is 0 Å². The minimum Gasteiger partial charge on any atom is -0.374 e. The summed E-state index contributed by atoms with van der Waals surface area (Å²) >= 11 is 0. The van der Waals surface area contributed by atoms with Gasteiger partial charge >= 0.3 is 0 Å². The molecule has 1 heteroatoms. The molecular weight excluding hydrogens is 124 g/mol. The van der Waals surface area contributed by atoms with Crippen molar-refractivity contribution in [2.75, 3.05) is 7.11 Å². The lowest BCUT2D eigenvalue weighted by Gasteiger charge is -2.32. The lowest BCUT2D eigenvalue weighted by Crippen LogP contribution is -2.30. The topological polar surface area (TPSA) is 9.23 Å². The van der Waals surface area contributed by atoms with Crippen LogP contribution in [0.1, 0.15) is 32.1 Å². The molecular formula is C9H16O. The number of ether oxygens (including phenoxy) is 1. The van der Waals surface area contributed by atoms with E-state index in [-0.39, 0.29) is 5.60 Å². The molecule has 0 spiro atoms. The highest BCUT2D eigenvalue weighted by atomic mass is 16.5. The Hall–Kier alpha value is -0.300. The van der Waals surface area contributed by atoms with Crippen LogP contribution in [0.5, 0.6) is 0 Å². The molecule has 1 aliphatic rings. The molecule has 0 saturated heterocycles. The molecule has 0 radical (unpaired) electrons. The Balaban J connectivity index is 2.52. The van der Waals surface area contributed by atoms with E-state index in [2.05, 4.69) is 6.58 Å². The molecule has 0 amide bonds.